The van der Waals surface area contributed by atoms with Gasteiger partial charge in [-0.3, -0.25) is 4.79 Å². The van der Waals surface area contributed by atoms with Crippen molar-refractivity contribution in [1.82, 2.24) is 25.8 Å². The van der Waals surface area contributed by atoms with Crippen LogP contribution in [0.5, 0.6) is 5.75 Å². The molecule has 0 unspecified atom stereocenters. The van der Waals surface area contributed by atoms with Crippen LogP contribution >= 0.6 is 0 Å². The van der Waals surface area contributed by atoms with Gasteiger partial charge in [-0.1, -0.05) is 30.3 Å². The first-order valence-electron chi connectivity index (χ1n) is 14.5. The number of amides is 2. The first-order chi connectivity index (χ1) is 20.8. The number of aromatic nitrogens is 1. The second kappa shape index (κ2) is 13.4. The summed E-state index contributed by atoms with van der Waals surface area (Å²) in [5, 5.41) is 29.6. The molecule has 0 radical (unpaired) electrons. The van der Waals surface area contributed by atoms with E-state index in [0.29, 0.717) is 68.9 Å². The summed E-state index contributed by atoms with van der Waals surface area (Å²) in [4.78, 5) is 42.8. The molecule has 2 amide bonds. The number of benzene rings is 2. The Balaban J connectivity index is 1.36. The fourth-order valence-electron chi connectivity index (χ4n) is 6.03. The predicted octanol–water partition coefficient (Wildman–Crippen LogP) is 1.91. The van der Waals surface area contributed by atoms with E-state index in [9.17, 15) is 24.6 Å². The third kappa shape index (κ3) is 7.27. The summed E-state index contributed by atoms with van der Waals surface area (Å²) in [6, 6.07) is 16.9. The normalized spacial score (nSPS) is 23.3. The quantitative estimate of drug-likeness (QED) is 0.195. The monoisotopic (exact) mass is 593 g/mol. The van der Waals surface area contributed by atoms with Crippen LogP contribution in [0.4, 0.5) is 9.59 Å². The van der Waals surface area contributed by atoms with Gasteiger partial charge in [0.1, 0.15) is 11.9 Å². The third-order valence-electron chi connectivity index (χ3n) is 8.58. The lowest BCUT2D eigenvalue weighted by molar-refractivity contribution is 0.00626. The van der Waals surface area contributed by atoms with E-state index < -0.39 is 29.8 Å². The summed E-state index contributed by atoms with van der Waals surface area (Å²) in [5.41, 5.74) is 1.11. The van der Waals surface area contributed by atoms with Gasteiger partial charge >= 0.3 is 12.2 Å². The van der Waals surface area contributed by atoms with Crippen LogP contribution in [0.15, 0.2) is 59.4 Å². The smallest absolute Gasteiger partial charge is 0.410 e. The average Bonchev–Trinajstić information content (AvgIpc) is 3.60. The number of hydrogen-bond acceptors (Lipinski definition) is 8. The number of carboxylic acid groups (broad SMARTS) is 1. The average molecular weight is 594 g/mol. The number of carbonyl (C=O) groups is 2. The minimum absolute atomic E-state index is 0.0416. The molecule has 0 aliphatic carbocycles. The van der Waals surface area contributed by atoms with E-state index in [0.717, 1.165) is 10.9 Å². The molecule has 6 N–H and O–H groups in total. The number of aromatic amines is 1. The minimum Gasteiger partial charge on any atom is -0.497 e. The standard InChI is InChI=1S/C31H39N5O7/c1-42-24-8-7-21-11-22(28(38)35-25(21)12-24)9-10-31(19-34-29(39)40)18-33-15-27(31)43-30(41)36(16-20-5-3-2-4-6-20)17-23-13-32-14-26(23)37/h2-8,11-12,23,26-27,32-34,37H,9-10,13-19H2,1H3,(H,35,38)(H,39,40)/t23-,26-,27-,31+/m0/s1. The van der Waals surface area contributed by atoms with Crippen LogP contribution in [0.2, 0.25) is 0 Å². The lowest BCUT2D eigenvalue weighted by atomic mass is 9.79. The number of nitrogens with zero attached hydrogens (tertiary/aromatic N) is 1. The molecule has 2 saturated heterocycles. The number of H-pyrrole nitrogens is 1. The fourth-order valence-corrected chi connectivity index (χ4v) is 6.03. The Kier molecular flexibility index (Phi) is 9.49. The first kappa shape index (κ1) is 30.3. The van der Waals surface area contributed by atoms with Gasteiger partial charge in [0.2, 0.25) is 0 Å². The van der Waals surface area contributed by atoms with Gasteiger partial charge in [-0.05, 0) is 42.0 Å². The molecule has 230 valence electrons. The number of aliphatic hydroxyl groups excluding tert-OH is 1. The maximum atomic E-state index is 13.7. The van der Waals surface area contributed by atoms with Crippen LogP contribution in [0.25, 0.3) is 10.9 Å². The van der Waals surface area contributed by atoms with Crippen LogP contribution in [0.1, 0.15) is 17.5 Å². The minimum atomic E-state index is -1.18. The van der Waals surface area contributed by atoms with Crippen molar-refractivity contribution in [3.8, 4) is 5.75 Å². The highest BCUT2D eigenvalue weighted by Gasteiger charge is 2.46. The number of aryl methyl sites for hydroxylation is 1. The molecule has 0 bridgehead atoms. The topological polar surface area (TPSA) is 165 Å². The third-order valence-corrected chi connectivity index (χ3v) is 8.58. The van der Waals surface area contributed by atoms with Crippen molar-refractivity contribution in [2.75, 3.05) is 46.4 Å². The SMILES string of the molecule is COc1ccc2cc(CC[C@]3(CNC(=O)O)CNC[C@@H]3OC(=O)N(Cc3ccccc3)C[C@@H]3CNC[C@@H]3O)c(=O)[nH]c2c1. The maximum absolute atomic E-state index is 13.7. The number of aliphatic hydroxyl groups is 1. The van der Waals surface area contributed by atoms with Crippen molar-refractivity contribution < 1.29 is 29.3 Å². The van der Waals surface area contributed by atoms with Crippen LogP contribution in [-0.4, -0.2) is 90.9 Å². The number of fused-ring (bicyclic) bond motifs is 1. The highest BCUT2D eigenvalue weighted by molar-refractivity contribution is 5.80. The van der Waals surface area contributed by atoms with Gasteiger partial charge < -0.3 is 45.5 Å². The molecule has 43 heavy (non-hydrogen) atoms. The Morgan fingerprint density at radius 1 is 1.09 bits per heavy atom. The molecule has 12 nitrogen and oxygen atoms in total. The highest BCUT2D eigenvalue weighted by atomic mass is 16.6. The summed E-state index contributed by atoms with van der Waals surface area (Å²) in [7, 11) is 1.56. The Bertz CT molecular complexity index is 1480. The van der Waals surface area contributed by atoms with E-state index in [-0.39, 0.29) is 18.0 Å². The summed E-state index contributed by atoms with van der Waals surface area (Å²) in [5.74, 6) is 0.493. The molecule has 5 rings (SSSR count). The van der Waals surface area contributed by atoms with Crippen LogP contribution < -0.4 is 26.2 Å². The number of methoxy groups -OCH3 is 1. The van der Waals surface area contributed by atoms with Gasteiger partial charge in [0.25, 0.3) is 5.56 Å². The van der Waals surface area contributed by atoms with Crippen molar-refractivity contribution >= 4 is 23.1 Å². The van der Waals surface area contributed by atoms with Crippen molar-refractivity contribution in [3.05, 3.63) is 76.1 Å². The molecule has 0 saturated carbocycles. The Morgan fingerprint density at radius 3 is 2.63 bits per heavy atom. The zero-order valence-corrected chi connectivity index (χ0v) is 24.2. The number of nitrogens with one attached hydrogen (secondary N) is 4. The van der Waals surface area contributed by atoms with E-state index in [1.165, 1.54) is 0 Å². The van der Waals surface area contributed by atoms with Crippen molar-refractivity contribution in [1.29, 1.82) is 0 Å². The number of pyridine rings is 1. The van der Waals surface area contributed by atoms with Gasteiger partial charge in [-0.25, -0.2) is 9.59 Å². The lowest BCUT2D eigenvalue weighted by Crippen LogP contribution is -2.49. The first-order valence-corrected chi connectivity index (χ1v) is 14.5. The van der Waals surface area contributed by atoms with E-state index in [2.05, 4.69) is 20.9 Å². The van der Waals surface area contributed by atoms with Crippen molar-refractivity contribution in [2.24, 2.45) is 11.3 Å². The Hall–Kier alpha value is -4.13. The Labute approximate surface area is 249 Å². The molecule has 3 heterocycles. The zero-order chi connectivity index (χ0) is 30.4. The second-order valence-electron chi connectivity index (χ2n) is 11.5. The molecule has 2 fully saturated rings. The van der Waals surface area contributed by atoms with E-state index in [1.807, 2.05) is 48.5 Å². The predicted molar refractivity (Wildman–Crippen MR) is 160 cm³/mol. The van der Waals surface area contributed by atoms with Crippen LogP contribution in [-0.2, 0) is 17.7 Å². The molecular formula is C31H39N5O7. The number of ether oxygens (including phenoxy) is 2. The molecule has 3 aromatic rings. The fraction of sp³-hybridized carbons (Fsp3) is 0.452. The van der Waals surface area contributed by atoms with E-state index in [4.69, 9.17) is 9.47 Å². The van der Waals surface area contributed by atoms with E-state index >= 15 is 0 Å². The number of β-amino-alcohol motifs (C(OH)–C–C–N with tert-alkyl or cyclic N) is 1. The van der Waals surface area contributed by atoms with Crippen LogP contribution in [0, 0.1) is 11.3 Å². The number of carbonyl (C=O) groups excluding carboxylic acids is 1. The molecule has 0 spiro atoms. The molecular weight excluding hydrogens is 554 g/mol. The van der Waals surface area contributed by atoms with Crippen LogP contribution in [0.3, 0.4) is 0 Å². The summed E-state index contributed by atoms with van der Waals surface area (Å²) >= 11 is 0. The summed E-state index contributed by atoms with van der Waals surface area (Å²) < 4.78 is 11.4. The largest absolute Gasteiger partial charge is 0.497 e. The molecule has 2 aromatic carbocycles. The molecule has 2 aliphatic rings. The number of rotatable bonds is 11. The highest BCUT2D eigenvalue weighted by Crippen LogP contribution is 2.34. The maximum Gasteiger partial charge on any atom is 0.410 e. The van der Waals surface area contributed by atoms with Crippen molar-refractivity contribution in [3.63, 3.8) is 0 Å². The second-order valence-corrected chi connectivity index (χ2v) is 11.5. The van der Waals surface area contributed by atoms with Gasteiger partial charge in [-0.2, -0.15) is 0 Å². The number of hydrogen-bond donors (Lipinski definition) is 6. The molecule has 2 aliphatic heterocycles. The van der Waals surface area contributed by atoms with Gasteiger partial charge in [0, 0.05) is 68.8 Å². The van der Waals surface area contributed by atoms with E-state index in [1.54, 1.807) is 18.1 Å². The molecule has 12 heteroatoms. The van der Waals surface area contributed by atoms with Gasteiger partial charge in [-0.15, -0.1) is 0 Å². The zero-order valence-electron chi connectivity index (χ0n) is 24.2. The summed E-state index contributed by atoms with van der Waals surface area (Å²) in [6.07, 6.45) is -2.19. The molecule has 1 aromatic heterocycles. The van der Waals surface area contributed by atoms with Crippen molar-refractivity contribution in [2.45, 2.75) is 31.6 Å². The van der Waals surface area contributed by atoms with Gasteiger partial charge in [0.05, 0.1) is 18.7 Å². The lowest BCUT2D eigenvalue weighted by Gasteiger charge is -2.36. The summed E-state index contributed by atoms with van der Waals surface area (Å²) in [6.45, 7) is 2.45. The molecule has 4 atom stereocenters. The van der Waals surface area contributed by atoms with Gasteiger partial charge in [0.15, 0.2) is 0 Å². The Morgan fingerprint density at radius 2 is 1.91 bits per heavy atom.